The van der Waals surface area contributed by atoms with Crippen molar-refractivity contribution in [3.8, 4) is 0 Å². The molecular weight excluding hydrogens is 420 g/mol. The molecule has 0 bridgehead atoms. The van der Waals surface area contributed by atoms with Crippen LogP contribution in [0.2, 0.25) is 0 Å². The van der Waals surface area contributed by atoms with E-state index >= 15 is 0 Å². The number of thiophene rings is 1. The summed E-state index contributed by atoms with van der Waals surface area (Å²) < 4.78 is 0. The molecule has 0 saturated heterocycles. The van der Waals surface area contributed by atoms with Crippen LogP contribution in [-0.4, -0.2) is 23.2 Å². The topological polar surface area (TPSA) is 65.3 Å². The fourth-order valence-electron chi connectivity index (χ4n) is 4.50. The van der Waals surface area contributed by atoms with Gasteiger partial charge in [-0.3, -0.25) is 9.59 Å². The van der Waals surface area contributed by atoms with E-state index in [1.807, 2.05) is 92.0 Å². The number of hydrogen-bond donors (Lipinski definition) is 0. The van der Waals surface area contributed by atoms with E-state index in [1.54, 1.807) is 11.3 Å². The maximum atomic E-state index is 13.6. The molecule has 2 aromatic carbocycles. The Morgan fingerprint density at radius 3 is 1.59 bits per heavy atom. The predicted octanol–water partition coefficient (Wildman–Crippen LogP) is 4.91. The van der Waals surface area contributed by atoms with Crippen LogP contribution in [0.15, 0.2) is 88.4 Å². The fraction of sp³-hybridized carbons (Fsp3) is 0.200. The lowest BCUT2D eigenvalue weighted by atomic mass is 9.76. The van der Waals surface area contributed by atoms with Gasteiger partial charge in [-0.1, -0.05) is 42.5 Å². The van der Waals surface area contributed by atoms with Gasteiger partial charge in [0.05, 0.1) is 23.2 Å². The fourth-order valence-corrected chi connectivity index (χ4v) is 5.40. The molecule has 2 unspecified atom stereocenters. The number of carbonyl (C=O) groups excluding carboxylic acids is 2. The van der Waals surface area contributed by atoms with E-state index < -0.39 is 11.8 Å². The summed E-state index contributed by atoms with van der Waals surface area (Å²) in [6.45, 7) is 3.74. The summed E-state index contributed by atoms with van der Waals surface area (Å²) in [5.74, 6) is -1.69. The molecule has 7 heteroatoms. The van der Waals surface area contributed by atoms with Crippen LogP contribution in [0.4, 0.5) is 11.4 Å². The molecule has 1 aromatic heterocycles. The molecule has 2 aliphatic heterocycles. The number of amides is 2. The van der Waals surface area contributed by atoms with Crippen molar-refractivity contribution in [1.29, 1.82) is 0 Å². The van der Waals surface area contributed by atoms with Gasteiger partial charge in [0.2, 0.25) is 0 Å². The predicted molar refractivity (Wildman–Crippen MR) is 128 cm³/mol. The van der Waals surface area contributed by atoms with Crippen LogP contribution >= 0.6 is 11.3 Å². The zero-order valence-corrected chi connectivity index (χ0v) is 18.6. The first-order valence-electron chi connectivity index (χ1n) is 10.5. The zero-order chi connectivity index (χ0) is 22.2. The van der Waals surface area contributed by atoms with Crippen molar-refractivity contribution < 1.29 is 9.59 Å². The second kappa shape index (κ2) is 8.16. The van der Waals surface area contributed by atoms with Crippen LogP contribution in [0.5, 0.6) is 0 Å². The minimum Gasteiger partial charge on any atom is -0.272 e. The number of anilines is 2. The minimum absolute atomic E-state index is 0.120. The quantitative estimate of drug-likeness (QED) is 0.564. The highest BCUT2D eigenvalue weighted by Crippen LogP contribution is 2.43. The first-order chi connectivity index (χ1) is 15.6. The molecule has 32 heavy (non-hydrogen) atoms. The molecule has 160 valence electrons. The Hall–Kier alpha value is -3.58. The Balaban J connectivity index is 1.54. The number of benzene rings is 2. The molecule has 6 nitrogen and oxygen atoms in total. The van der Waals surface area contributed by atoms with Gasteiger partial charge in [0.25, 0.3) is 11.8 Å². The summed E-state index contributed by atoms with van der Waals surface area (Å²) in [5.41, 5.74) is 2.85. The second-order valence-corrected chi connectivity index (χ2v) is 8.93. The first kappa shape index (κ1) is 20.3. The van der Waals surface area contributed by atoms with Gasteiger partial charge < -0.3 is 0 Å². The first-order valence-corrected chi connectivity index (χ1v) is 11.4. The van der Waals surface area contributed by atoms with Crippen molar-refractivity contribution in [2.75, 3.05) is 10.0 Å². The molecule has 2 aliphatic rings. The molecular formula is C25H22N4O2S. The van der Waals surface area contributed by atoms with Gasteiger partial charge in [-0.25, -0.2) is 10.0 Å². The normalized spacial score (nSPS) is 21.7. The Bertz CT molecular complexity index is 1130. The van der Waals surface area contributed by atoms with Gasteiger partial charge in [0.1, 0.15) is 0 Å². The summed E-state index contributed by atoms with van der Waals surface area (Å²) in [6.07, 6.45) is 0. The monoisotopic (exact) mass is 442 g/mol. The van der Waals surface area contributed by atoms with Crippen LogP contribution in [0.1, 0.15) is 24.6 Å². The largest absolute Gasteiger partial charge is 0.272 e. The van der Waals surface area contributed by atoms with Crippen molar-refractivity contribution in [2.45, 2.75) is 19.8 Å². The van der Waals surface area contributed by atoms with Crippen LogP contribution in [-0.2, 0) is 9.59 Å². The number of rotatable bonds is 5. The average molecular weight is 443 g/mol. The van der Waals surface area contributed by atoms with E-state index in [-0.39, 0.29) is 17.7 Å². The molecule has 2 amide bonds. The van der Waals surface area contributed by atoms with E-state index in [0.717, 1.165) is 16.3 Å². The lowest BCUT2D eigenvalue weighted by Gasteiger charge is -2.27. The van der Waals surface area contributed by atoms with E-state index in [2.05, 4.69) is 10.2 Å². The maximum Gasteiger partial charge on any atom is 0.256 e. The van der Waals surface area contributed by atoms with Crippen molar-refractivity contribution in [2.24, 2.45) is 22.0 Å². The number of carbonyl (C=O) groups is 2. The Labute approximate surface area is 190 Å². The maximum absolute atomic E-state index is 13.6. The summed E-state index contributed by atoms with van der Waals surface area (Å²) in [7, 11) is 0. The van der Waals surface area contributed by atoms with Gasteiger partial charge in [-0.15, -0.1) is 11.3 Å². The van der Waals surface area contributed by atoms with Crippen LogP contribution in [0, 0.1) is 11.8 Å². The third kappa shape index (κ3) is 3.35. The van der Waals surface area contributed by atoms with Crippen LogP contribution < -0.4 is 10.0 Å². The minimum atomic E-state index is -0.538. The highest BCUT2D eigenvalue weighted by molar-refractivity contribution is 7.10. The highest BCUT2D eigenvalue weighted by atomic mass is 32.1. The van der Waals surface area contributed by atoms with E-state index in [9.17, 15) is 9.59 Å². The lowest BCUT2D eigenvalue weighted by molar-refractivity contribution is -0.122. The summed E-state index contributed by atoms with van der Waals surface area (Å²) >= 11 is 1.56. The SMILES string of the molecule is CC1=NN(c2ccccc2)C(=O)C1C(c1cccs1)C1C(=O)N(c2ccccc2)N=C1C. The van der Waals surface area contributed by atoms with Crippen molar-refractivity contribution >= 4 is 45.9 Å². The smallest absolute Gasteiger partial charge is 0.256 e. The van der Waals surface area contributed by atoms with Crippen LogP contribution in [0.3, 0.4) is 0 Å². The third-order valence-corrected chi connectivity index (χ3v) is 6.93. The molecule has 0 fully saturated rings. The highest BCUT2D eigenvalue weighted by Gasteiger charge is 2.50. The Morgan fingerprint density at radius 1 is 0.719 bits per heavy atom. The summed E-state index contributed by atoms with van der Waals surface area (Å²) in [4.78, 5) is 28.2. The average Bonchev–Trinajstić information content (AvgIpc) is 3.52. The van der Waals surface area contributed by atoms with Gasteiger partial charge in [0, 0.05) is 22.2 Å². The van der Waals surface area contributed by atoms with Crippen molar-refractivity contribution in [3.05, 3.63) is 83.1 Å². The van der Waals surface area contributed by atoms with E-state index in [0.29, 0.717) is 11.4 Å². The standard InChI is InChI=1S/C25H22N4O2S/c1-16-21(24(30)28(26-16)18-10-5-3-6-11-18)23(20-14-9-15-32-20)22-17(2)27-29(25(22)31)19-12-7-4-8-13-19/h3-15,21-23H,1-2H3. The Morgan fingerprint density at radius 2 is 1.19 bits per heavy atom. The van der Waals surface area contributed by atoms with Crippen LogP contribution in [0.25, 0.3) is 0 Å². The van der Waals surface area contributed by atoms with Gasteiger partial charge >= 0.3 is 0 Å². The van der Waals surface area contributed by atoms with E-state index in [1.165, 1.54) is 10.0 Å². The number of hydrogen-bond acceptors (Lipinski definition) is 5. The molecule has 3 aromatic rings. The summed E-state index contributed by atoms with van der Waals surface area (Å²) in [6, 6.07) is 22.7. The number of nitrogens with zero attached hydrogens (tertiary/aromatic N) is 4. The van der Waals surface area contributed by atoms with Gasteiger partial charge in [-0.05, 0) is 49.6 Å². The van der Waals surface area contributed by atoms with Gasteiger partial charge in [0.15, 0.2) is 0 Å². The third-order valence-electron chi connectivity index (χ3n) is 5.96. The van der Waals surface area contributed by atoms with E-state index in [4.69, 9.17) is 0 Å². The van der Waals surface area contributed by atoms with Crippen molar-refractivity contribution in [3.63, 3.8) is 0 Å². The number of para-hydroxylation sites is 2. The molecule has 0 spiro atoms. The van der Waals surface area contributed by atoms with Gasteiger partial charge in [-0.2, -0.15) is 10.2 Å². The molecule has 5 rings (SSSR count). The molecule has 2 atom stereocenters. The molecule has 0 radical (unpaired) electrons. The molecule has 0 aliphatic carbocycles. The molecule has 0 N–H and O–H groups in total. The molecule has 0 saturated carbocycles. The lowest BCUT2D eigenvalue weighted by Crippen LogP contribution is -2.39. The Kier molecular flexibility index (Phi) is 5.19. The van der Waals surface area contributed by atoms with Crippen molar-refractivity contribution in [1.82, 2.24) is 0 Å². The number of hydrazone groups is 2. The zero-order valence-electron chi connectivity index (χ0n) is 17.8. The molecule has 3 heterocycles. The second-order valence-electron chi connectivity index (χ2n) is 7.95. The summed E-state index contributed by atoms with van der Waals surface area (Å²) in [5, 5.41) is 14.1.